The van der Waals surface area contributed by atoms with Crippen LogP contribution < -0.4 is 0 Å². The Morgan fingerprint density at radius 3 is 2.52 bits per heavy atom. The number of hydrogen-bond acceptors (Lipinski definition) is 5. The highest BCUT2D eigenvalue weighted by molar-refractivity contribution is 7.91. The zero-order valence-electron chi connectivity index (χ0n) is 13.5. The number of nitrogens with zero attached hydrogens (tertiary/aromatic N) is 2. The lowest BCUT2D eigenvalue weighted by Gasteiger charge is -2.28. The molecule has 0 bridgehead atoms. The van der Waals surface area contributed by atoms with Gasteiger partial charge in [-0.15, -0.1) is 11.3 Å². The topological polar surface area (TPSA) is 80.5 Å². The van der Waals surface area contributed by atoms with Gasteiger partial charge in [0.15, 0.2) is 4.34 Å². The van der Waals surface area contributed by atoms with E-state index in [9.17, 15) is 18.5 Å². The fourth-order valence-electron chi connectivity index (χ4n) is 2.73. The zero-order valence-corrected chi connectivity index (χ0v) is 15.9. The molecule has 0 N–H and O–H groups in total. The summed E-state index contributed by atoms with van der Waals surface area (Å²) in [5.74, 6) is 0.323. The molecule has 0 saturated heterocycles. The maximum atomic E-state index is 13.2. The predicted octanol–water partition coefficient (Wildman–Crippen LogP) is 4.30. The summed E-state index contributed by atoms with van der Waals surface area (Å²) in [6.45, 7) is 2.12. The first-order valence-electron chi connectivity index (χ1n) is 7.80. The van der Waals surface area contributed by atoms with Crippen LogP contribution >= 0.6 is 22.9 Å². The number of benzene rings is 1. The third-order valence-corrected chi connectivity index (χ3v) is 8.07. The molecule has 2 aromatic rings. The van der Waals surface area contributed by atoms with Crippen molar-refractivity contribution >= 4 is 38.6 Å². The van der Waals surface area contributed by atoms with E-state index < -0.39 is 14.9 Å². The maximum Gasteiger partial charge on any atom is 0.300 e. The standard InChI is InChI=1S/C16H17ClN2O4S2/c1-11(13-7-8-13)18(10-12-5-3-2-4-6-12)25(22,23)15-9-14(19(20)21)16(17)24-15/h2-6,9,11,13H,7-8,10H2,1H3. The van der Waals surface area contributed by atoms with Crippen LogP contribution in [-0.2, 0) is 16.6 Å². The Bertz CT molecular complexity index is 879. The molecule has 25 heavy (non-hydrogen) atoms. The fourth-order valence-corrected chi connectivity index (χ4v) is 6.21. The van der Waals surface area contributed by atoms with Crippen LogP contribution in [0, 0.1) is 16.0 Å². The second-order valence-electron chi connectivity index (χ2n) is 6.10. The summed E-state index contributed by atoms with van der Waals surface area (Å²) in [6.07, 6.45) is 1.99. The van der Waals surface area contributed by atoms with Crippen LogP contribution in [0.15, 0.2) is 40.6 Å². The molecular formula is C16H17ClN2O4S2. The van der Waals surface area contributed by atoms with E-state index in [4.69, 9.17) is 11.6 Å². The summed E-state index contributed by atoms with van der Waals surface area (Å²) in [6, 6.07) is 10.2. The molecule has 1 aromatic carbocycles. The summed E-state index contributed by atoms with van der Waals surface area (Å²) >= 11 is 6.59. The van der Waals surface area contributed by atoms with Crippen LogP contribution in [0.1, 0.15) is 25.3 Å². The largest absolute Gasteiger partial charge is 0.300 e. The molecule has 0 amide bonds. The van der Waals surface area contributed by atoms with Crippen LogP contribution in [0.4, 0.5) is 5.69 Å². The molecule has 1 aliphatic carbocycles. The zero-order chi connectivity index (χ0) is 18.2. The lowest BCUT2D eigenvalue weighted by Crippen LogP contribution is -2.39. The first-order valence-corrected chi connectivity index (χ1v) is 10.4. The molecule has 1 aromatic heterocycles. The van der Waals surface area contributed by atoms with Crippen molar-refractivity contribution in [2.45, 2.75) is 36.6 Å². The lowest BCUT2D eigenvalue weighted by molar-refractivity contribution is -0.384. The minimum Gasteiger partial charge on any atom is -0.258 e. The first kappa shape index (κ1) is 18.3. The summed E-state index contributed by atoms with van der Waals surface area (Å²) < 4.78 is 27.5. The minimum absolute atomic E-state index is 0.0902. The highest BCUT2D eigenvalue weighted by Gasteiger charge is 2.40. The van der Waals surface area contributed by atoms with Gasteiger partial charge in [0.25, 0.3) is 15.7 Å². The average molecular weight is 401 g/mol. The fraction of sp³-hybridized carbons (Fsp3) is 0.375. The number of thiophene rings is 1. The number of rotatable bonds is 7. The summed E-state index contributed by atoms with van der Waals surface area (Å²) in [7, 11) is -3.88. The molecule has 1 aliphatic rings. The Morgan fingerprint density at radius 1 is 1.36 bits per heavy atom. The quantitative estimate of drug-likeness (QED) is 0.512. The summed E-state index contributed by atoms with van der Waals surface area (Å²) in [5.41, 5.74) is 0.500. The van der Waals surface area contributed by atoms with Crippen molar-refractivity contribution < 1.29 is 13.3 Å². The van der Waals surface area contributed by atoms with Crippen LogP contribution in [0.3, 0.4) is 0 Å². The Hall–Kier alpha value is -1.48. The predicted molar refractivity (Wildman–Crippen MR) is 97.3 cm³/mol. The van der Waals surface area contributed by atoms with E-state index in [0.717, 1.165) is 35.8 Å². The van der Waals surface area contributed by atoms with Crippen LogP contribution in [-0.4, -0.2) is 23.7 Å². The van der Waals surface area contributed by atoms with Crippen molar-refractivity contribution in [2.24, 2.45) is 5.92 Å². The number of sulfonamides is 1. The lowest BCUT2D eigenvalue weighted by atomic mass is 10.2. The molecule has 9 heteroatoms. The molecule has 1 unspecified atom stereocenters. The SMILES string of the molecule is CC(C1CC1)N(Cc1ccccc1)S(=O)(=O)c1cc([N+](=O)[O-])c(Cl)s1. The molecule has 0 spiro atoms. The van der Waals surface area contributed by atoms with Crippen molar-refractivity contribution in [1.29, 1.82) is 0 Å². The van der Waals surface area contributed by atoms with E-state index >= 15 is 0 Å². The van der Waals surface area contributed by atoms with Crippen molar-refractivity contribution in [3.63, 3.8) is 0 Å². The first-order chi connectivity index (χ1) is 11.8. The van der Waals surface area contributed by atoms with Gasteiger partial charge >= 0.3 is 0 Å². The van der Waals surface area contributed by atoms with Crippen LogP contribution in [0.2, 0.25) is 4.34 Å². The maximum absolute atomic E-state index is 13.2. The molecule has 134 valence electrons. The molecule has 1 atom stereocenters. The van der Waals surface area contributed by atoms with Crippen molar-refractivity contribution in [3.8, 4) is 0 Å². The molecule has 1 heterocycles. The smallest absolute Gasteiger partial charge is 0.258 e. The van der Waals surface area contributed by atoms with Gasteiger partial charge in [-0.05, 0) is 31.2 Å². The molecule has 0 aliphatic heterocycles. The Balaban J connectivity index is 1.98. The van der Waals surface area contributed by atoms with Gasteiger partial charge in [-0.2, -0.15) is 4.31 Å². The second kappa shape index (κ2) is 7.03. The molecule has 1 fully saturated rings. The van der Waals surface area contributed by atoms with E-state index in [1.807, 2.05) is 37.3 Å². The van der Waals surface area contributed by atoms with Gasteiger partial charge in [-0.25, -0.2) is 8.42 Å². The van der Waals surface area contributed by atoms with Gasteiger partial charge in [0.2, 0.25) is 0 Å². The van der Waals surface area contributed by atoms with E-state index in [1.54, 1.807) is 0 Å². The molecule has 3 rings (SSSR count). The van der Waals surface area contributed by atoms with Crippen LogP contribution in [0.25, 0.3) is 0 Å². The number of hydrogen-bond donors (Lipinski definition) is 0. The number of halogens is 1. The van der Waals surface area contributed by atoms with E-state index in [-0.39, 0.29) is 26.8 Å². The number of nitro groups is 1. The van der Waals surface area contributed by atoms with Gasteiger partial charge in [0.1, 0.15) is 4.21 Å². The van der Waals surface area contributed by atoms with Gasteiger partial charge < -0.3 is 0 Å². The van der Waals surface area contributed by atoms with E-state index in [2.05, 4.69) is 0 Å². The molecule has 1 saturated carbocycles. The highest BCUT2D eigenvalue weighted by Crippen LogP contribution is 2.41. The van der Waals surface area contributed by atoms with Crippen molar-refractivity contribution in [1.82, 2.24) is 4.31 Å². The van der Waals surface area contributed by atoms with E-state index in [1.165, 1.54) is 4.31 Å². The minimum atomic E-state index is -3.88. The monoisotopic (exact) mass is 400 g/mol. The summed E-state index contributed by atoms with van der Waals surface area (Å²) in [4.78, 5) is 10.3. The average Bonchev–Trinajstić information content (AvgIpc) is 3.34. The third-order valence-electron chi connectivity index (χ3n) is 4.35. The van der Waals surface area contributed by atoms with Gasteiger partial charge in [0.05, 0.1) is 4.92 Å². The Kier molecular flexibility index (Phi) is 5.15. The molecule has 6 nitrogen and oxygen atoms in total. The summed E-state index contributed by atoms with van der Waals surface area (Å²) in [5, 5.41) is 11.0. The molecular weight excluding hydrogens is 384 g/mol. The Labute approximate surface area is 155 Å². The normalized spacial score (nSPS) is 16.1. The third kappa shape index (κ3) is 3.87. The van der Waals surface area contributed by atoms with Gasteiger partial charge in [0, 0.05) is 18.7 Å². The van der Waals surface area contributed by atoms with E-state index in [0.29, 0.717) is 5.92 Å². The van der Waals surface area contributed by atoms with Crippen LogP contribution in [0.5, 0.6) is 0 Å². The van der Waals surface area contributed by atoms with Gasteiger partial charge in [-0.3, -0.25) is 10.1 Å². The van der Waals surface area contributed by atoms with Gasteiger partial charge in [-0.1, -0.05) is 41.9 Å². The Morgan fingerprint density at radius 2 is 2.00 bits per heavy atom. The molecule has 0 radical (unpaired) electrons. The van der Waals surface area contributed by atoms with Crippen molar-refractivity contribution in [3.05, 3.63) is 56.4 Å². The highest BCUT2D eigenvalue weighted by atomic mass is 35.5. The second-order valence-corrected chi connectivity index (χ2v) is 9.87. The van der Waals surface area contributed by atoms with Crippen molar-refractivity contribution in [2.75, 3.05) is 0 Å².